The van der Waals surface area contributed by atoms with Crippen LogP contribution >= 0.6 is 34.8 Å². The highest BCUT2D eigenvalue weighted by atomic mass is 35.5. The van der Waals surface area contributed by atoms with E-state index in [1.807, 2.05) is 0 Å². The van der Waals surface area contributed by atoms with E-state index in [0.29, 0.717) is 20.6 Å². The van der Waals surface area contributed by atoms with Gasteiger partial charge in [0.15, 0.2) is 0 Å². The lowest BCUT2D eigenvalue weighted by atomic mass is 10.2. The van der Waals surface area contributed by atoms with Crippen molar-refractivity contribution in [3.8, 4) is 0 Å². The highest BCUT2D eigenvalue weighted by Gasteiger charge is 2.06. The van der Waals surface area contributed by atoms with Crippen molar-refractivity contribution in [1.29, 1.82) is 0 Å². The van der Waals surface area contributed by atoms with Crippen molar-refractivity contribution in [3.63, 3.8) is 0 Å². The fraction of sp³-hybridized carbons (Fsp3) is 0.143. The van der Waals surface area contributed by atoms with Crippen LogP contribution in [0.4, 0.5) is 0 Å². The van der Waals surface area contributed by atoms with Crippen molar-refractivity contribution in [2.24, 2.45) is 0 Å². The Morgan fingerprint density at radius 3 is 2.36 bits per heavy atom. The molecule has 1 aromatic rings. The van der Waals surface area contributed by atoms with E-state index >= 15 is 0 Å². The van der Waals surface area contributed by atoms with Crippen LogP contribution in [-0.2, 0) is 22.2 Å². The third-order valence-electron chi connectivity index (χ3n) is 1.40. The second-order valence-corrected chi connectivity index (χ2v) is 4.19. The van der Waals surface area contributed by atoms with Gasteiger partial charge in [-0.15, -0.1) is 0 Å². The molecule has 0 radical (unpaired) electrons. The van der Waals surface area contributed by atoms with Gasteiger partial charge in [0.1, 0.15) is 0 Å². The predicted molar refractivity (Wildman–Crippen MR) is 55.2 cm³/mol. The number of rotatable bonds is 3. The lowest BCUT2D eigenvalue weighted by Crippen LogP contribution is -1.97. The average molecular weight is 275 g/mol. The zero-order valence-corrected chi connectivity index (χ0v) is 9.71. The molecule has 3 nitrogen and oxygen atoms in total. The first-order valence-corrected chi connectivity index (χ1v) is 5.50. The highest BCUT2D eigenvalue weighted by molar-refractivity contribution is 7.74. The van der Waals surface area contributed by atoms with Crippen LogP contribution in [0.3, 0.4) is 0 Å². The van der Waals surface area contributed by atoms with Gasteiger partial charge in [0, 0.05) is 5.02 Å². The molecule has 0 N–H and O–H groups in total. The van der Waals surface area contributed by atoms with Gasteiger partial charge in [0.2, 0.25) is 0 Å². The monoisotopic (exact) mass is 273 g/mol. The molecular formula is C7H4Cl3O3S-. The second kappa shape index (κ2) is 5.30. The number of halogens is 3. The summed E-state index contributed by atoms with van der Waals surface area (Å²) >= 11 is 14.6. The van der Waals surface area contributed by atoms with Crippen molar-refractivity contribution in [3.05, 3.63) is 32.8 Å². The van der Waals surface area contributed by atoms with Crippen molar-refractivity contribution in [2.45, 2.75) is 6.61 Å². The summed E-state index contributed by atoms with van der Waals surface area (Å²) < 4.78 is 24.6. The molecular weight excluding hydrogens is 270 g/mol. The third kappa shape index (κ3) is 3.38. The van der Waals surface area contributed by atoms with Crippen molar-refractivity contribution >= 4 is 46.2 Å². The molecule has 0 fully saturated rings. The van der Waals surface area contributed by atoms with Gasteiger partial charge in [-0.2, -0.15) is 0 Å². The van der Waals surface area contributed by atoms with Gasteiger partial charge in [0.05, 0.1) is 28.0 Å². The Kier molecular flexibility index (Phi) is 4.63. The topological polar surface area (TPSA) is 49.4 Å². The maximum atomic E-state index is 10.1. The van der Waals surface area contributed by atoms with E-state index in [-0.39, 0.29) is 6.61 Å². The van der Waals surface area contributed by atoms with E-state index in [4.69, 9.17) is 34.8 Å². The summed E-state index contributed by atoms with van der Waals surface area (Å²) in [7, 11) is 0. The first kappa shape index (κ1) is 12.2. The van der Waals surface area contributed by atoms with Gasteiger partial charge >= 0.3 is 0 Å². The molecule has 1 aromatic carbocycles. The summed E-state index contributed by atoms with van der Waals surface area (Å²) in [5.74, 6) is 0. The van der Waals surface area contributed by atoms with Gasteiger partial charge in [-0.1, -0.05) is 34.8 Å². The van der Waals surface area contributed by atoms with E-state index < -0.39 is 11.4 Å². The van der Waals surface area contributed by atoms with Crippen LogP contribution in [0.25, 0.3) is 0 Å². The fourth-order valence-corrected chi connectivity index (χ4v) is 1.63. The molecule has 1 atom stereocenters. The molecule has 0 aliphatic rings. The lowest BCUT2D eigenvalue weighted by Gasteiger charge is -2.08. The van der Waals surface area contributed by atoms with Gasteiger partial charge in [-0.3, -0.25) is 4.18 Å². The van der Waals surface area contributed by atoms with Gasteiger partial charge in [0.25, 0.3) is 0 Å². The van der Waals surface area contributed by atoms with Gasteiger partial charge in [-0.25, -0.2) is 4.21 Å². The van der Waals surface area contributed by atoms with Crippen LogP contribution in [0.2, 0.25) is 15.1 Å². The van der Waals surface area contributed by atoms with Crippen LogP contribution in [-0.4, -0.2) is 8.76 Å². The summed E-state index contributed by atoms with van der Waals surface area (Å²) in [6.07, 6.45) is 0. The Morgan fingerprint density at radius 1 is 1.21 bits per heavy atom. The Hall–Kier alpha value is 0.160. The average Bonchev–Trinajstić information content (AvgIpc) is 2.09. The van der Waals surface area contributed by atoms with E-state index in [1.54, 1.807) is 0 Å². The third-order valence-corrected chi connectivity index (χ3v) is 2.78. The second-order valence-electron chi connectivity index (χ2n) is 2.32. The van der Waals surface area contributed by atoms with E-state index in [9.17, 15) is 8.76 Å². The molecule has 0 amide bonds. The smallest absolute Gasteiger partial charge is 0.0894 e. The van der Waals surface area contributed by atoms with Gasteiger partial charge in [-0.05, 0) is 17.7 Å². The van der Waals surface area contributed by atoms with E-state index in [0.717, 1.165) is 0 Å². The van der Waals surface area contributed by atoms with E-state index in [1.165, 1.54) is 12.1 Å². The molecule has 0 aliphatic heterocycles. The summed E-state index contributed by atoms with van der Waals surface area (Å²) in [6.45, 7) is -0.161. The first-order chi connectivity index (χ1) is 6.50. The summed E-state index contributed by atoms with van der Waals surface area (Å²) in [4.78, 5) is 0. The standard InChI is InChI=1S/C7H5Cl3O3S/c8-5-2-7(10)6(9)1-4(5)3-13-14(11)12/h1-2H,3H2,(H,11,12)/p-1. The van der Waals surface area contributed by atoms with Crippen LogP contribution in [0.15, 0.2) is 12.1 Å². The molecule has 1 unspecified atom stereocenters. The molecule has 7 heteroatoms. The largest absolute Gasteiger partial charge is 0.750 e. The van der Waals surface area contributed by atoms with Crippen LogP contribution in [0.5, 0.6) is 0 Å². The normalized spacial score (nSPS) is 12.9. The molecule has 0 bridgehead atoms. The predicted octanol–water partition coefficient (Wildman–Crippen LogP) is 2.96. The molecule has 14 heavy (non-hydrogen) atoms. The molecule has 0 saturated heterocycles. The van der Waals surface area contributed by atoms with E-state index in [2.05, 4.69) is 4.18 Å². The fourth-order valence-electron chi connectivity index (χ4n) is 0.786. The van der Waals surface area contributed by atoms with Gasteiger partial charge < -0.3 is 4.55 Å². The van der Waals surface area contributed by atoms with Crippen LogP contribution in [0.1, 0.15) is 5.56 Å². The Labute approximate surface area is 98.4 Å². The SMILES string of the molecule is O=S([O-])OCc1cc(Cl)c(Cl)cc1Cl. The Bertz CT molecular complexity index is 369. The van der Waals surface area contributed by atoms with Crippen LogP contribution < -0.4 is 0 Å². The molecule has 1 rings (SSSR count). The molecule has 0 saturated carbocycles. The highest BCUT2D eigenvalue weighted by Crippen LogP contribution is 2.29. The summed E-state index contributed by atoms with van der Waals surface area (Å²) in [6, 6.07) is 2.89. The first-order valence-electron chi connectivity index (χ1n) is 3.36. The molecule has 0 heterocycles. The quantitative estimate of drug-likeness (QED) is 0.629. The van der Waals surface area contributed by atoms with Crippen LogP contribution in [0, 0.1) is 0 Å². The number of hydrogen-bond donors (Lipinski definition) is 0. The minimum atomic E-state index is -2.57. The Balaban J connectivity index is 2.87. The van der Waals surface area contributed by atoms with Crippen molar-refractivity contribution in [1.82, 2.24) is 0 Å². The number of benzene rings is 1. The maximum absolute atomic E-state index is 10.1. The zero-order chi connectivity index (χ0) is 10.7. The van der Waals surface area contributed by atoms with Crippen molar-refractivity contribution < 1.29 is 12.9 Å². The molecule has 0 aromatic heterocycles. The lowest BCUT2D eigenvalue weighted by molar-refractivity contribution is 0.291. The minimum absolute atomic E-state index is 0.161. The molecule has 0 aliphatic carbocycles. The van der Waals surface area contributed by atoms with Crippen molar-refractivity contribution in [2.75, 3.05) is 0 Å². The summed E-state index contributed by atoms with van der Waals surface area (Å²) in [5, 5.41) is 0.917. The maximum Gasteiger partial charge on any atom is 0.0894 e. The Morgan fingerprint density at radius 2 is 1.79 bits per heavy atom. The number of hydrogen-bond acceptors (Lipinski definition) is 3. The minimum Gasteiger partial charge on any atom is -0.750 e. The zero-order valence-electron chi connectivity index (χ0n) is 6.63. The summed E-state index contributed by atoms with van der Waals surface area (Å²) in [5.41, 5.74) is 0.463. The molecule has 78 valence electrons. The molecule has 0 spiro atoms.